The van der Waals surface area contributed by atoms with Crippen LogP contribution in [0.5, 0.6) is 5.75 Å². The van der Waals surface area contributed by atoms with Gasteiger partial charge in [-0.25, -0.2) is 9.69 Å². The van der Waals surface area contributed by atoms with E-state index in [2.05, 4.69) is 21.2 Å². The molecule has 0 atom stereocenters. The number of benzene rings is 2. The normalized spacial score (nSPS) is 15.7. The van der Waals surface area contributed by atoms with E-state index in [1.54, 1.807) is 71.4 Å². The van der Waals surface area contributed by atoms with E-state index in [0.29, 0.717) is 11.4 Å². The predicted molar refractivity (Wildman–Crippen MR) is 111 cm³/mol. The molecule has 1 fully saturated rings. The molecule has 2 aromatic carbocycles. The zero-order chi connectivity index (χ0) is 20.5. The van der Waals surface area contributed by atoms with Gasteiger partial charge in [0, 0.05) is 22.1 Å². The smallest absolute Gasteiger partial charge is 0.335 e. The van der Waals surface area contributed by atoms with Gasteiger partial charge >= 0.3 is 6.03 Å². The molecule has 8 heteroatoms. The molecule has 29 heavy (non-hydrogen) atoms. The lowest BCUT2D eigenvalue weighted by atomic mass is 10.1. The van der Waals surface area contributed by atoms with Crippen LogP contribution >= 0.6 is 15.9 Å². The highest BCUT2D eigenvalue weighted by molar-refractivity contribution is 9.10. The van der Waals surface area contributed by atoms with Crippen molar-refractivity contribution in [3.05, 3.63) is 82.6 Å². The molecule has 2 N–H and O–H groups in total. The average molecular weight is 452 g/mol. The number of aromatic hydroxyl groups is 1. The predicted octanol–water partition coefficient (Wildman–Crippen LogP) is 3.61. The number of phenols is 1. The first-order valence-corrected chi connectivity index (χ1v) is 9.37. The number of carbonyl (C=O) groups is 3. The first-order chi connectivity index (χ1) is 13.9. The highest BCUT2D eigenvalue weighted by Crippen LogP contribution is 2.24. The van der Waals surface area contributed by atoms with E-state index in [9.17, 15) is 19.5 Å². The maximum Gasteiger partial charge on any atom is 0.335 e. The number of phenolic OH excluding ortho intramolecular Hbond substituents is 1. The molecule has 0 bridgehead atoms. The lowest BCUT2D eigenvalue weighted by Crippen LogP contribution is -2.54. The molecule has 2 heterocycles. The number of hydrogen-bond acceptors (Lipinski definition) is 4. The molecule has 144 valence electrons. The monoisotopic (exact) mass is 451 g/mol. The Morgan fingerprint density at radius 3 is 2.24 bits per heavy atom. The van der Waals surface area contributed by atoms with E-state index >= 15 is 0 Å². The molecule has 0 saturated carbocycles. The Balaban J connectivity index is 1.73. The van der Waals surface area contributed by atoms with Crippen LogP contribution in [-0.2, 0) is 9.59 Å². The van der Waals surface area contributed by atoms with Gasteiger partial charge in [-0.1, -0.05) is 15.9 Å². The van der Waals surface area contributed by atoms with E-state index in [4.69, 9.17) is 0 Å². The van der Waals surface area contributed by atoms with Crippen molar-refractivity contribution >= 4 is 45.5 Å². The fourth-order valence-electron chi connectivity index (χ4n) is 2.99. The fraction of sp³-hybridized carbons (Fsp3) is 0. The van der Waals surface area contributed by atoms with E-state index < -0.39 is 17.8 Å². The van der Waals surface area contributed by atoms with Gasteiger partial charge in [-0.3, -0.25) is 14.9 Å². The maximum absolute atomic E-state index is 13.0. The van der Waals surface area contributed by atoms with Crippen molar-refractivity contribution in [1.29, 1.82) is 0 Å². The summed E-state index contributed by atoms with van der Waals surface area (Å²) in [5, 5.41) is 11.7. The number of nitrogens with one attached hydrogen (secondary N) is 1. The summed E-state index contributed by atoms with van der Waals surface area (Å²) in [7, 11) is 0. The van der Waals surface area contributed by atoms with Gasteiger partial charge in [0.15, 0.2) is 0 Å². The van der Waals surface area contributed by atoms with Crippen molar-refractivity contribution in [3.8, 4) is 11.4 Å². The summed E-state index contributed by atoms with van der Waals surface area (Å²) in [6.45, 7) is 0. The molecule has 0 unspecified atom stereocenters. The van der Waals surface area contributed by atoms with Crippen molar-refractivity contribution in [1.82, 2.24) is 9.88 Å². The van der Waals surface area contributed by atoms with Crippen molar-refractivity contribution in [2.45, 2.75) is 0 Å². The van der Waals surface area contributed by atoms with Crippen LogP contribution in [0.15, 0.2) is 76.9 Å². The number of amides is 4. The second kappa shape index (κ2) is 7.40. The molecule has 1 aliphatic rings. The quantitative estimate of drug-likeness (QED) is 0.469. The summed E-state index contributed by atoms with van der Waals surface area (Å²) in [6.07, 6.45) is 3.20. The van der Waals surface area contributed by atoms with Crippen LogP contribution in [0.1, 0.15) is 5.69 Å². The van der Waals surface area contributed by atoms with Gasteiger partial charge in [-0.05, 0) is 66.7 Å². The van der Waals surface area contributed by atoms with Crippen molar-refractivity contribution in [2.24, 2.45) is 0 Å². The SMILES string of the molecule is O=C1NC(=O)N(c2ccc(Br)cc2)C(=O)/C1=C/c1cccn1-c1ccc(O)cc1. The zero-order valence-electron chi connectivity index (χ0n) is 14.9. The number of rotatable bonds is 3. The third-order valence-electron chi connectivity index (χ3n) is 4.39. The highest BCUT2D eigenvalue weighted by Gasteiger charge is 2.36. The molecule has 4 amide bonds. The van der Waals surface area contributed by atoms with Crippen LogP contribution in [-0.4, -0.2) is 27.5 Å². The zero-order valence-corrected chi connectivity index (χ0v) is 16.5. The average Bonchev–Trinajstić information content (AvgIpc) is 3.15. The first-order valence-electron chi connectivity index (χ1n) is 8.58. The van der Waals surface area contributed by atoms with Crippen molar-refractivity contribution in [2.75, 3.05) is 4.90 Å². The summed E-state index contributed by atoms with van der Waals surface area (Å²) in [6, 6.07) is 15.8. The van der Waals surface area contributed by atoms with Gasteiger partial charge in [0.1, 0.15) is 11.3 Å². The van der Waals surface area contributed by atoms with Gasteiger partial charge in [0.2, 0.25) is 0 Å². The second-order valence-corrected chi connectivity index (χ2v) is 7.17. The summed E-state index contributed by atoms with van der Waals surface area (Å²) in [5.74, 6) is -1.34. The second-order valence-electron chi connectivity index (χ2n) is 6.25. The molecule has 0 spiro atoms. The number of hydrogen-bond donors (Lipinski definition) is 2. The standard InChI is InChI=1S/C21H14BrN3O4/c22-13-3-5-15(6-4-13)25-20(28)18(19(27)23-21(25)29)12-16-2-1-11-24(16)14-7-9-17(26)10-8-14/h1-12,26H,(H,23,27,29)/b18-12+. The van der Waals surface area contributed by atoms with Gasteiger partial charge in [0.05, 0.1) is 5.69 Å². The minimum atomic E-state index is -0.798. The minimum absolute atomic E-state index is 0.131. The lowest BCUT2D eigenvalue weighted by molar-refractivity contribution is -0.122. The van der Waals surface area contributed by atoms with Gasteiger partial charge in [0.25, 0.3) is 11.8 Å². The molecule has 1 saturated heterocycles. The number of aromatic nitrogens is 1. The summed E-state index contributed by atoms with van der Waals surface area (Å²) >= 11 is 3.31. The molecule has 1 aromatic heterocycles. The van der Waals surface area contributed by atoms with Crippen LogP contribution in [0, 0.1) is 0 Å². The number of carbonyl (C=O) groups excluding carboxylic acids is 3. The summed E-state index contributed by atoms with van der Waals surface area (Å²) in [5.41, 5.74) is 1.50. The lowest BCUT2D eigenvalue weighted by Gasteiger charge is -2.26. The number of barbiturate groups is 1. The Kier molecular flexibility index (Phi) is 4.77. The number of halogens is 1. The Labute approximate surface area is 174 Å². The largest absolute Gasteiger partial charge is 0.508 e. The number of urea groups is 1. The molecule has 1 aliphatic heterocycles. The van der Waals surface area contributed by atoms with Crippen LogP contribution in [0.3, 0.4) is 0 Å². The molecule has 4 rings (SSSR count). The Morgan fingerprint density at radius 2 is 1.55 bits per heavy atom. The van der Waals surface area contributed by atoms with E-state index in [1.165, 1.54) is 6.08 Å². The Morgan fingerprint density at radius 1 is 0.897 bits per heavy atom. The number of imide groups is 2. The van der Waals surface area contributed by atoms with E-state index in [-0.39, 0.29) is 11.3 Å². The molecule has 3 aromatic rings. The Bertz CT molecular complexity index is 1150. The first kappa shape index (κ1) is 18.7. The van der Waals surface area contributed by atoms with Crippen LogP contribution in [0.25, 0.3) is 11.8 Å². The molecule has 0 radical (unpaired) electrons. The highest BCUT2D eigenvalue weighted by atomic mass is 79.9. The number of anilines is 1. The van der Waals surface area contributed by atoms with Crippen LogP contribution < -0.4 is 10.2 Å². The topological polar surface area (TPSA) is 91.6 Å². The van der Waals surface area contributed by atoms with Crippen molar-refractivity contribution < 1.29 is 19.5 Å². The van der Waals surface area contributed by atoms with Crippen LogP contribution in [0.2, 0.25) is 0 Å². The molecule has 0 aliphatic carbocycles. The van der Waals surface area contributed by atoms with E-state index in [1.807, 2.05) is 0 Å². The minimum Gasteiger partial charge on any atom is -0.508 e. The summed E-state index contributed by atoms with van der Waals surface area (Å²) < 4.78 is 2.55. The molecular formula is C21H14BrN3O4. The third-order valence-corrected chi connectivity index (χ3v) is 4.92. The van der Waals surface area contributed by atoms with Gasteiger partial charge in [-0.2, -0.15) is 0 Å². The van der Waals surface area contributed by atoms with Gasteiger partial charge < -0.3 is 9.67 Å². The van der Waals surface area contributed by atoms with Crippen molar-refractivity contribution in [3.63, 3.8) is 0 Å². The van der Waals surface area contributed by atoms with Crippen LogP contribution in [0.4, 0.5) is 10.5 Å². The third kappa shape index (κ3) is 3.57. The Hall–Kier alpha value is -3.65. The summed E-state index contributed by atoms with van der Waals surface area (Å²) in [4.78, 5) is 38.5. The fourth-order valence-corrected chi connectivity index (χ4v) is 3.25. The maximum atomic E-state index is 13.0. The molecular weight excluding hydrogens is 438 g/mol. The molecule has 7 nitrogen and oxygen atoms in total. The van der Waals surface area contributed by atoms with Gasteiger partial charge in [-0.15, -0.1) is 0 Å². The number of nitrogens with zero attached hydrogens (tertiary/aromatic N) is 2. The van der Waals surface area contributed by atoms with E-state index in [0.717, 1.165) is 15.1 Å².